The SMILES string of the molecule is CCCN(CCNC1CCCC1)C(C)C. The average molecular weight is 212 g/mol. The Morgan fingerprint density at radius 2 is 1.87 bits per heavy atom. The molecule has 1 aliphatic carbocycles. The highest BCUT2D eigenvalue weighted by molar-refractivity contribution is 4.74. The molecule has 0 spiro atoms. The van der Waals surface area contributed by atoms with Crippen LogP contribution in [0.4, 0.5) is 0 Å². The molecule has 90 valence electrons. The minimum Gasteiger partial charge on any atom is -0.313 e. The third kappa shape index (κ3) is 4.98. The molecule has 0 unspecified atom stereocenters. The van der Waals surface area contributed by atoms with Gasteiger partial charge >= 0.3 is 0 Å². The van der Waals surface area contributed by atoms with Gasteiger partial charge in [-0.15, -0.1) is 0 Å². The molecule has 1 rings (SSSR count). The largest absolute Gasteiger partial charge is 0.313 e. The first-order valence-electron chi connectivity index (χ1n) is 6.71. The van der Waals surface area contributed by atoms with Gasteiger partial charge in [0.1, 0.15) is 0 Å². The fourth-order valence-corrected chi connectivity index (χ4v) is 2.46. The molecular formula is C13H28N2. The Morgan fingerprint density at radius 1 is 1.20 bits per heavy atom. The summed E-state index contributed by atoms with van der Waals surface area (Å²) < 4.78 is 0. The quantitative estimate of drug-likeness (QED) is 0.698. The lowest BCUT2D eigenvalue weighted by atomic mass is 10.2. The maximum absolute atomic E-state index is 3.68. The standard InChI is InChI=1S/C13H28N2/c1-4-10-15(12(2)3)11-9-14-13-7-5-6-8-13/h12-14H,4-11H2,1-3H3. The van der Waals surface area contributed by atoms with Crippen molar-refractivity contribution in [3.8, 4) is 0 Å². The Bertz CT molecular complexity index is 151. The predicted octanol–water partition coefficient (Wildman–Crippen LogP) is 2.64. The van der Waals surface area contributed by atoms with Crippen LogP contribution >= 0.6 is 0 Å². The van der Waals surface area contributed by atoms with E-state index in [0.29, 0.717) is 6.04 Å². The van der Waals surface area contributed by atoms with E-state index in [0.717, 1.165) is 6.04 Å². The van der Waals surface area contributed by atoms with Crippen LogP contribution in [0.25, 0.3) is 0 Å². The summed E-state index contributed by atoms with van der Waals surface area (Å²) in [5, 5.41) is 3.68. The molecule has 0 heterocycles. The molecule has 0 amide bonds. The van der Waals surface area contributed by atoms with E-state index in [1.165, 1.54) is 51.7 Å². The molecule has 0 aromatic rings. The zero-order valence-corrected chi connectivity index (χ0v) is 10.8. The van der Waals surface area contributed by atoms with Crippen molar-refractivity contribution in [2.75, 3.05) is 19.6 Å². The van der Waals surface area contributed by atoms with E-state index >= 15 is 0 Å². The highest BCUT2D eigenvalue weighted by atomic mass is 15.2. The second kappa shape index (κ2) is 7.24. The second-order valence-corrected chi connectivity index (χ2v) is 5.07. The Morgan fingerprint density at radius 3 is 2.40 bits per heavy atom. The van der Waals surface area contributed by atoms with E-state index < -0.39 is 0 Å². The average Bonchev–Trinajstić information content (AvgIpc) is 2.69. The Hall–Kier alpha value is -0.0800. The Kier molecular flexibility index (Phi) is 6.26. The van der Waals surface area contributed by atoms with Gasteiger partial charge in [0.05, 0.1) is 0 Å². The van der Waals surface area contributed by atoms with Crippen LogP contribution in [0.15, 0.2) is 0 Å². The van der Waals surface area contributed by atoms with Gasteiger partial charge in [-0.1, -0.05) is 19.8 Å². The van der Waals surface area contributed by atoms with E-state index in [2.05, 4.69) is 31.0 Å². The van der Waals surface area contributed by atoms with Crippen molar-refractivity contribution in [3.05, 3.63) is 0 Å². The molecule has 0 radical (unpaired) electrons. The lowest BCUT2D eigenvalue weighted by Gasteiger charge is -2.26. The molecule has 0 aromatic heterocycles. The summed E-state index contributed by atoms with van der Waals surface area (Å²) >= 11 is 0. The molecule has 0 aromatic carbocycles. The fourth-order valence-electron chi connectivity index (χ4n) is 2.46. The van der Waals surface area contributed by atoms with E-state index in [1.807, 2.05) is 0 Å². The third-order valence-electron chi connectivity index (χ3n) is 3.43. The first-order valence-corrected chi connectivity index (χ1v) is 6.71. The summed E-state index contributed by atoms with van der Waals surface area (Å²) in [6.45, 7) is 10.5. The summed E-state index contributed by atoms with van der Waals surface area (Å²) in [6, 6.07) is 1.51. The topological polar surface area (TPSA) is 15.3 Å². The molecule has 0 bridgehead atoms. The van der Waals surface area contributed by atoms with Gasteiger partial charge in [0.2, 0.25) is 0 Å². The number of rotatable bonds is 7. The van der Waals surface area contributed by atoms with Crippen LogP contribution in [0.2, 0.25) is 0 Å². The Labute approximate surface area is 95.4 Å². The molecule has 0 saturated heterocycles. The van der Waals surface area contributed by atoms with Crippen LogP contribution in [0.1, 0.15) is 52.9 Å². The molecular weight excluding hydrogens is 184 g/mol. The molecule has 0 atom stereocenters. The molecule has 2 heteroatoms. The van der Waals surface area contributed by atoms with Crippen molar-refractivity contribution in [3.63, 3.8) is 0 Å². The highest BCUT2D eigenvalue weighted by Crippen LogP contribution is 2.17. The van der Waals surface area contributed by atoms with Crippen molar-refractivity contribution in [1.82, 2.24) is 10.2 Å². The van der Waals surface area contributed by atoms with Gasteiger partial charge in [0.15, 0.2) is 0 Å². The van der Waals surface area contributed by atoms with E-state index in [9.17, 15) is 0 Å². The van der Waals surface area contributed by atoms with Gasteiger partial charge in [-0.2, -0.15) is 0 Å². The predicted molar refractivity (Wildman–Crippen MR) is 67.3 cm³/mol. The zero-order valence-electron chi connectivity index (χ0n) is 10.8. The molecule has 1 aliphatic rings. The van der Waals surface area contributed by atoms with Crippen LogP contribution in [-0.4, -0.2) is 36.6 Å². The van der Waals surface area contributed by atoms with Gasteiger partial charge < -0.3 is 5.32 Å². The lowest BCUT2D eigenvalue weighted by Crippen LogP contribution is -2.39. The second-order valence-electron chi connectivity index (χ2n) is 5.07. The normalized spacial score (nSPS) is 18.2. The van der Waals surface area contributed by atoms with Crippen molar-refractivity contribution >= 4 is 0 Å². The molecule has 1 saturated carbocycles. The van der Waals surface area contributed by atoms with Gasteiger partial charge in [-0.25, -0.2) is 0 Å². The van der Waals surface area contributed by atoms with Crippen molar-refractivity contribution in [2.24, 2.45) is 0 Å². The first-order chi connectivity index (χ1) is 7.24. The summed E-state index contributed by atoms with van der Waals surface area (Å²) in [7, 11) is 0. The van der Waals surface area contributed by atoms with Gasteiger partial charge in [0, 0.05) is 25.2 Å². The third-order valence-corrected chi connectivity index (χ3v) is 3.43. The van der Waals surface area contributed by atoms with Gasteiger partial charge in [-0.05, 0) is 39.7 Å². The van der Waals surface area contributed by atoms with Crippen molar-refractivity contribution in [2.45, 2.75) is 65.0 Å². The van der Waals surface area contributed by atoms with Crippen molar-refractivity contribution in [1.29, 1.82) is 0 Å². The van der Waals surface area contributed by atoms with Gasteiger partial charge in [0.25, 0.3) is 0 Å². The minimum atomic E-state index is 0.690. The maximum Gasteiger partial charge on any atom is 0.0110 e. The molecule has 1 fully saturated rings. The van der Waals surface area contributed by atoms with Crippen LogP contribution in [-0.2, 0) is 0 Å². The molecule has 0 aliphatic heterocycles. The molecule has 1 N–H and O–H groups in total. The molecule has 15 heavy (non-hydrogen) atoms. The van der Waals surface area contributed by atoms with E-state index in [-0.39, 0.29) is 0 Å². The Balaban J connectivity index is 2.09. The van der Waals surface area contributed by atoms with E-state index in [1.54, 1.807) is 0 Å². The zero-order chi connectivity index (χ0) is 11.1. The van der Waals surface area contributed by atoms with Crippen molar-refractivity contribution < 1.29 is 0 Å². The molecule has 2 nitrogen and oxygen atoms in total. The summed E-state index contributed by atoms with van der Waals surface area (Å²) in [4.78, 5) is 2.57. The lowest BCUT2D eigenvalue weighted by molar-refractivity contribution is 0.219. The smallest absolute Gasteiger partial charge is 0.0110 e. The summed E-state index contributed by atoms with van der Waals surface area (Å²) in [6.07, 6.45) is 6.92. The van der Waals surface area contributed by atoms with Gasteiger partial charge in [-0.3, -0.25) is 4.90 Å². The van der Waals surface area contributed by atoms with Crippen LogP contribution in [0.3, 0.4) is 0 Å². The number of nitrogens with zero attached hydrogens (tertiary/aromatic N) is 1. The maximum atomic E-state index is 3.68. The minimum absolute atomic E-state index is 0.690. The highest BCUT2D eigenvalue weighted by Gasteiger charge is 2.14. The summed E-state index contributed by atoms with van der Waals surface area (Å²) in [5.74, 6) is 0. The van der Waals surface area contributed by atoms with Crippen LogP contribution in [0.5, 0.6) is 0 Å². The number of nitrogens with one attached hydrogen (secondary N) is 1. The monoisotopic (exact) mass is 212 g/mol. The first kappa shape index (κ1) is 13.0. The van der Waals surface area contributed by atoms with Crippen LogP contribution < -0.4 is 5.32 Å². The van der Waals surface area contributed by atoms with E-state index in [4.69, 9.17) is 0 Å². The van der Waals surface area contributed by atoms with Crippen LogP contribution in [0, 0.1) is 0 Å². The summed E-state index contributed by atoms with van der Waals surface area (Å²) in [5.41, 5.74) is 0. The number of hydrogen-bond acceptors (Lipinski definition) is 2. The number of hydrogen-bond donors (Lipinski definition) is 1. The fraction of sp³-hybridized carbons (Fsp3) is 1.00.